The molecule has 0 atom stereocenters. The molecule has 0 fully saturated rings. The van der Waals surface area contributed by atoms with Gasteiger partial charge in [0.15, 0.2) is 17.3 Å². The number of aromatic carboxylic acids is 1. The number of halogens is 2. The first-order valence-electron chi connectivity index (χ1n) is 4.54. The monoisotopic (exact) mass is 239 g/mol. The van der Waals surface area contributed by atoms with Crippen molar-refractivity contribution >= 4 is 11.8 Å². The molecule has 1 aromatic carbocycles. The van der Waals surface area contributed by atoms with E-state index in [4.69, 9.17) is 10.8 Å². The maximum absolute atomic E-state index is 13.4. The minimum atomic E-state index is -1.33. The zero-order chi connectivity index (χ0) is 12.6. The van der Waals surface area contributed by atoms with Crippen LogP contribution in [0.15, 0.2) is 24.3 Å². The number of carboxylic acid groups (broad SMARTS) is 1. The quantitative estimate of drug-likeness (QED) is 0.830. The van der Waals surface area contributed by atoms with Gasteiger partial charge in [0.2, 0.25) is 0 Å². The lowest BCUT2D eigenvalue weighted by atomic mass is 10.3. The summed E-state index contributed by atoms with van der Waals surface area (Å²) in [5.41, 5.74) is 4.57. The Morgan fingerprint density at radius 1 is 1.35 bits per heavy atom. The van der Waals surface area contributed by atoms with Crippen molar-refractivity contribution in [1.29, 1.82) is 0 Å². The van der Waals surface area contributed by atoms with Crippen LogP contribution in [0.3, 0.4) is 0 Å². The number of rotatable bonds is 2. The third-order valence-electron chi connectivity index (χ3n) is 2.11. The minimum Gasteiger partial charge on any atom is -0.476 e. The molecular weight excluding hydrogens is 232 g/mol. The summed E-state index contributed by atoms with van der Waals surface area (Å²) in [5, 5.41) is 12.2. The van der Waals surface area contributed by atoms with Crippen molar-refractivity contribution in [2.75, 3.05) is 5.73 Å². The number of para-hydroxylation sites is 1. The molecule has 0 saturated heterocycles. The van der Waals surface area contributed by atoms with Gasteiger partial charge >= 0.3 is 5.97 Å². The first kappa shape index (κ1) is 11.1. The second-order valence-corrected chi connectivity index (χ2v) is 3.24. The lowest BCUT2D eigenvalue weighted by molar-refractivity contribution is 0.0690. The van der Waals surface area contributed by atoms with Crippen molar-refractivity contribution in [3.8, 4) is 5.69 Å². The van der Waals surface area contributed by atoms with Crippen molar-refractivity contribution in [1.82, 2.24) is 9.78 Å². The molecule has 5 nitrogen and oxygen atoms in total. The molecule has 2 rings (SSSR count). The number of carboxylic acids is 1. The van der Waals surface area contributed by atoms with E-state index in [1.165, 1.54) is 6.07 Å². The zero-order valence-corrected chi connectivity index (χ0v) is 8.39. The third-order valence-corrected chi connectivity index (χ3v) is 2.11. The van der Waals surface area contributed by atoms with Crippen LogP contribution in [0.2, 0.25) is 0 Å². The second kappa shape index (κ2) is 3.85. The van der Waals surface area contributed by atoms with Gasteiger partial charge in [0, 0.05) is 6.07 Å². The molecule has 0 aliphatic carbocycles. The fraction of sp³-hybridized carbons (Fsp3) is 0. The molecule has 0 radical (unpaired) electrons. The highest BCUT2D eigenvalue weighted by molar-refractivity contribution is 5.86. The van der Waals surface area contributed by atoms with Gasteiger partial charge in [-0.2, -0.15) is 5.10 Å². The van der Waals surface area contributed by atoms with Gasteiger partial charge in [-0.15, -0.1) is 0 Å². The summed E-state index contributed by atoms with van der Waals surface area (Å²) >= 11 is 0. The van der Waals surface area contributed by atoms with Crippen LogP contribution in [-0.2, 0) is 0 Å². The topological polar surface area (TPSA) is 81.1 Å². The lowest BCUT2D eigenvalue weighted by Gasteiger charge is -2.05. The Hall–Kier alpha value is -2.44. The van der Waals surface area contributed by atoms with Crippen LogP contribution in [0.5, 0.6) is 0 Å². The number of benzene rings is 1. The molecule has 2 aromatic rings. The number of hydrogen-bond donors (Lipinski definition) is 2. The maximum Gasteiger partial charge on any atom is 0.356 e. The summed E-state index contributed by atoms with van der Waals surface area (Å²) in [4.78, 5) is 10.6. The van der Waals surface area contributed by atoms with Crippen LogP contribution in [0, 0.1) is 11.6 Å². The second-order valence-electron chi connectivity index (χ2n) is 3.24. The van der Waals surface area contributed by atoms with Gasteiger partial charge in [0.1, 0.15) is 11.5 Å². The number of hydrogen-bond acceptors (Lipinski definition) is 3. The van der Waals surface area contributed by atoms with Crippen LogP contribution in [0.4, 0.5) is 14.6 Å². The normalized spacial score (nSPS) is 10.5. The van der Waals surface area contributed by atoms with Crippen LogP contribution in [0.25, 0.3) is 5.69 Å². The van der Waals surface area contributed by atoms with Crippen molar-refractivity contribution < 1.29 is 18.7 Å². The fourth-order valence-electron chi connectivity index (χ4n) is 1.37. The Kier molecular flexibility index (Phi) is 2.51. The summed E-state index contributed by atoms with van der Waals surface area (Å²) in [5.74, 6) is -3.24. The van der Waals surface area contributed by atoms with Gasteiger partial charge in [0.05, 0.1) is 0 Å². The fourth-order valence-corrected chi connectivity index (χ4v) is 1.37. The van der Waals surface area contributed by atoms with Crippen molar-refractivity contribution in [2.24, 2.45) is 0 Å². The third kappa shape index (κ3) is 1.82. The van der Waals surface area contributed by atoms with Gasteiger partial charge in [0.25, 0.3) is 0 Å². The molecule has 0 aliphatic rings. The first-order chi connectivity index (χ1) is 8.00. The molecule has 1 heterocycles. The first-order valence-corrected chi connectivity index (χ1v) is 4.54. The van der Waals surface area contributed by atoms with Crippen LogP contribution < -0.4 is 5.73 Å². The Bertz CT molecular complexity index is 575. The molecule has 0 unspecified atom stereocenters. The molecule has 0 spiro atoms. The smallest absolute Gasteiger partial charge is 0.356 e. The molecule has 17 heavy (non-hydrogen) atoms. The molecule has 1 aromatic heterocycles. The molecule has 88 valence electrons. The van der Waals surface area contributed by atoms with E-state index in [0.29, 0.717) is 4.68 Å². The van der Waals surface area contributed by atoms with Gasteiger partial charge in [-0.3, -0.25) is 0 Å². The Morgan fingerprint density at radius 3 is 2.41 bits per heavy atom. The zero-order valence-electron chi connectivity index (χ0n) is 8.39. The Labute approximate surface area is 94.1 Å². The number of aromatic nitrogens is 2. The van der Waals surface area contributed by atoms with Gasteiger partial charge in [-0.25, -0.2) is 18.3 Å². The predicted molar refractivity (Wildman–Crippen MR) is 54.9 cm³/mol. The van der Waals surface area contributed by atoms with Crippen LogP contribution in [0.1, 0.15) is 10.5 Å². The van der Waals surface area contributed by atoms with Gasteiger partial charge in [-0.1, -0.05) is 6.07 Å². The van der Waals surface area contributed by atoms with Crippen molar-refractivity contribution in [3.63, 3.8) is 0 Å². The SMILES string of the molecule is Nc1cc(C(=O)O)nn1-c1c(F)cccc1F. The van der Waals surface area contributed by atoms with E-state index in [0.717, 1.165) is 18.2 Å². The van der Waals surface area contributed by atoms with Gasteiger partial charge in [-0.05, 0) is 12.1 Å². The molecular formula is C10H7F2N3O2. The van der Waals surface area contributed by atoms with E-state index in [2.05, 4.69) is 5.10 Å². The number of nitrogen functional groups attached to an aromatic ring is 1. The molecule has 3 N–H and O–H groups in total. The van der Waals surface area contributed by atoms with E-state index >= 15 is 0 Å². The summed E-state index contributed by atoms with van der Waals surface area (Å²) < 4.78 is 27.6. The highest BCUT2D eigenvalue weighted by Crippen LogP contribution is 2.20. The summed E-state index contributed by atoms with van der Waals surface area (Å²) in [6.07, 6.45) is 0. The number of nitrogens with zero attached hydrogens (tertiary/aromatic N) is 2. The average molecular weight is 239 g/mol. The van der Waals surface area contributed by atoms with E-state index in [1.54, 1.807) is 0 Å². The largest absolute Gasteiger partial charge is 0.476 e. The summed E-state index contributed by atoms with van der Waals surface area (Å²) in [6, 6.07) is 4.26. The number of nitrogens with two attached hydrogens (primary N) is 1. The molecule has 0 amide bonds. The molecule has 0 saturated carbocycles. The maximum atomic E-state index is 13.4. The average Bonchev–Trinajstić information content (AvgIpc) is 2.61. The number of anilines is 1. The minimum absolute atomic E-state index is 0.161. The Morgan fingerprint density at radius 2 is 1.94 bits per heavy atom. The van der Waals surface area contributed by atoms with Gasteiger partial charge < -0.3 is 10.8 Å². The van der Waals surface area contributed by atoms with E-state index in [1.807, 2.05) is 0 Å². The van der Waals surface area contributed by atoms with E-state index < -0.39 is 23.3 Å². The summed E-state index contributed by atoms with van der Waals surface area (Å²) in [6.45, 7) is 0. The predicted octanol–water partition coefficient (Wildman–Crippen LogP) is 1.43. The Balaban J connectivity index is 2.64. The van der Waals surface area contributed by atoms with Crippen molar-refractivity contribution in [2.45, 2.75) is 0 Å². The standard InChI is InChI=1S/C10H7F2N3O2/c11-5-2-1-3-6(12)9(5)15-8(13)4-7(14-15)10(16)17/h1-4H,13H2,(H,16,17). The highest BCUT2D eigenvalue weighted by atomic mass is 19.1. The van der Waals surface area contributed by atoms with Crippen LogP contribution >= 0.6 is 0 Å². The lowest BCUT2D eigenvalue weighted by Crippen LogP contribution is -2.07. The van der Waals surface area contributed by atoms with Crippen LogP contribution in [-0.4, -0.2) is 20.9 Å². The molecule has 0 bridgehead atoms. The number of carbonyl (C=O) groups is 1. The van der Waals surface area contributed by atoms with E-state index in [-0.39, 0.29) is 11.5 Å². The highest BCUT2D eigenvalue weighted by Gasteiger charge is 2.17. The molecule has 7 heteroatoms. The summed E-state index contributed by atoms with van der Waals surface area (Å²) in [7, 11) is 0. The van der Waals surface area contributed by atoms with E-state index in [9.17, 15) is 13.6 Å². The van der Waals surface area contributed by atoms with Crippen molar-refractivity contribution in [3.05, 3.63) is 41.6 Å². The molecule has 0 aliphatic heterocycles.